The number of amides is 1. The fraction of sp³-hybridized carbons (Fsp3) is 0.900. The third kappa shape index (κ3) is 3.64. The average Bonchev–Trinajstić information content (AvgIpc) is 2.30. The molecule has 1 heterocycles. The number of nitrogens with one attached hydrogen (secondary N) is 1. The Labute approximate surface area is 85.2 Å². The highest BCUT2D eigenvalue weighted by molar-refractivity contribution is 5.77. The molecule has 0 saturated carbocycles. The minimum absolute atomic E-state index is 0.00509. The van der Waals surface area contributed by atoms with E-state index in [1.165, 1.54) is 0 Å². The number of ether oxygens (including phenoxy) is 1. The van der Waals surface area contributed by atoms with E-state index in [0.717, 1.165) is 13.0 Å². The molecule has 0 spiro atoms. The van der Waals surface area contributed by atoms with Crippen molar-refractivity contribution in [2.45, 2.75) is 44.7 Å². The fourth-order valence-electron chi connectivity index (χ4n) is 1.56. The maximum atomic E-state index is 11.6. The quantitative estimate of drug-likeness (QED) is 0.693. The van der Waals surface area contributed by atoms with Crippen LogP contribution in [0.25, 0.3) is 0 Å². The molecule has 1 atom stereocenters. The Hall–Kier alpha value is -0.610. The molecule has 1 aliphatic heterocycles. The van der Waals surface area contributed by atoms with Gasteiger partial charge < -0.3 is 15.8 Å². The third-order valence-corrected chi connectivity index (χ3v) is 2.28. The van der Waals surface area contributed by atoms with Gasteiger partial charge in [-0.25, -0.2) is 0 Å². The highest BCUT2D eigenvalue weighted by Crippen LogP contribution is 2.18. The van der Waals surface area contributed by atoms with Crippen LogP contribution in [0.15, 0.2) is 0 Å². The Morgan fingerprint density at radius 1 is 1.64 bits per heavy atom. The second-order valence-electron chi connectivity index (χ2n) is 5.08. The number of hydrogen-bond donors (Lipinski definition) is 2. The van der Waals surface area contributed by atoms with Crippen molar-refractivity contribution in [3.05, 3.63) is 0 Å². The van der Waals surface area contributed by atoms with E-state index in [2.05, 4.69) is 5.32 Å². The third-order valence-electron chi connectivity index (χ3n) is 2.28. The second kappa shape index (κ2) is 3.87. The van der Waals surface area contributed by atoms with Gasteiger partial charge in [-0.1, -0.05) is 0 Å². The molecule has 1 aliphatic rings. The molecule has 0 aromatic rings. The van der Waals surface area contributed by atoms with Crippen molar-refractivity contribution < 1.29 is 9.53 Å². The van der Waals surface area contributed by atoms with E-state index in [-0.39, 0.29) is 11.4 Å². The highest BCUT2D eigenvalue weighted by Gasteiger charge is 2.32. The molecule has 3 N–H and O–H groups in total. The predicted molar refractivity (Wildman–Crippen MR) is 54.9 cm³/mol. The first-order valence-corrected chi connectivity index (χ1v) is 4.98. The van der Waals surface area contributed by atoms with E-state index in [1.54, 1.807) is 0 Å². The molecular weight excluding hydrogens is 180 g/mol. The fourth-order valence-corrected chi connectivity index (χ4v) is 1.56. The smallest absolute Gasteiger partial charge is 0.222 e. The monoisotopic (exact) mass is 200 g/mol. The van der Waals surface area contributed by atoms with Crippen LogP contribution >= 0.6 is 0 Å². The molecule has 0 aliphatic carbocycles. The van der Waals surface area contributed by atoms with Gasteiger partial charge in [-0.05, 0) is 27.2 Å². The van der Waals surface area contributed by atoms with E-state index in [1.807, 2.05) is 20.8 Å². The Balaban J connectivity index is 2.40. The summed E-state index contributed by atoms with van der Waals surface area (Å²) in [6.07, 6.45) is 1.23. The minimum Gasteiger partial charge on any atom is -0.379 e. The van der Waals surface area contributed by atoms with Crippen LogP contribution in [0, 0.1) is 0 Å². The second-order valence-corrected chi connectivity index (χ2v) is 5.08. The SMILES string of the molecule is CC(C)(N)CC(=O)NC1(C)CCOC1. The highest BCUT2D eigenvalue weighted by atomic mass is 16.5. The van der Waals surface area contributed by atoms with E-state index in [4.69, 9.17) is 10.5 Å². The van der Waals surface area contributed by atoms with Gasteiger partial charge in [-0.15, -0.1) is 0 Å². The van der Waals surface area contributed by atoms with Crippen LogP contribution in [0.5, 0.6) is 0 Å². The first kappa shape index (κ1) is 11.5. The lowest BCUT2D eigenvalue weighted by Crippen LogP contribution is -2.49. The molecule has 14 heavy (non-hydrogen) atoms. The molecule has 1 unspecified atom stereocenters. The van der Waals surface area contributed by atoms with Gasteiger partial charge in [-0.2, -0.15) is 0 Å². The molecule has 82 valence electrons. The first-order chi connectivity index (χ1) is 6.31. The lowest BCUT2D eigenvalue weighted by Gasteiger charge is -2.26. The first-order valence-electron chi connectivity index (χ1n) is 4.98. The summed E-state index contributed by atoms with van der Waals surface area (Å²) in [4.78, 5) is 11.6. The molecule has 0 aromatic carbocycles. The van der Waals surface area contributed by atoms with Crippen molar-refractivity contribution in [3.63, 3.8) is 0 Å². The molecule has 4 heteroatoms. The normalized spacial score (nSPS) is 27.7. The van der Waals surface area contributed by atoms with Crippen LogP contribution in [0.1, 0.15) is 33.6 Å². The van der Waals surface area contributed by atoms with E-state index in [0.29, 0.717) is 13.0 Å². The summed E-state index contributed by atoms with van der Waals surface area (Å²) in [5.74, 6) is 0.00509. The lowest BCUT2D eigenvalue weighted by atomic mass is 9.98. The van der Waals surface area contributed by atoms with Gasteiger partial charge in [0.05, 0.1) is 12.1 Å². The van der Waals surface area contributed by atoms with Crippen LogP contribution in [0.3, 0.4) is 0 Å². The van der Waals surface area contributed by atoms with Gasteiger partial charge in [-0.3, -0.25) is 4.79 Å². The van der Waals surface area contributed by atoms with Gasteiger partial charge in [0.2, 0.25) is 5.91 Å². The number of hydrogen-bond acceptors (Lipinski definition) is 3. The van der Waals surface area contributed by atoms with Crippen molar-refractivity contribution in [1.29, 1.82) is 0 Å². The Bertz CT molecular complexity index is 215. The zero-order chi connectivity index (χ0) is 10.8. The lowest BCUT2D eigenvalue weighted by molar-refractivity contribution is -0.123. The molecule has 0 radical (unpaired) electrons. The zero-order valence-corrected chi connectivity index (χ0v) is 9.22. The maximum Gasteiger partial charge on any atom is 0.222 e. The van der Waals surface area contributed by atoms with Crippen molar-refractivity contribution in [1.82, 2.24) is 5.32 Å². The topological polar surface area (TPSA) is 64.4 Å². The van der Waals surface area contributed by atoms with E-state index in [9.17, 15) is 4.79 Å². The molecule has 1 rings (SSSR count). The molecule has 1 amide bonds. The number of carbonyl (C=O) groups is 1. The summed E-state index contributed by atoms with van der Waals surface area (Å²) in [6.45, 7) is 7.02. The molecular formula is C10H20N2O2. The number of rotatable bonds is 3. The molecule has 0 bridgehead atoms. The molecule has 1 fully saturated rings. The predicted octanol–water partition coefficient (Wildman–Crippen LogP) is 0.409. The minimum atomic E-state index is -0.445. The standard InChI is InChI=1S/C10H20N2O2/c1-9(2,11)6-8(13)12-10(3)4-5-14-7-10/h4-7,11H2,1-3H3,(H,12,13). The summed E-state index contributed by atoms with van der Waals surface area (Å²) < 4.78 is 5.25. The van der Waals surface area contributed by atoms with Crippen molar-refractivity contribution in [2.75, 3.05) is 13.2 Å². The van der Waals surface area contributed by atoms with Crippen LogP contribution < -0.4 is 11.1 Å². The van der Waals surface area contributed by atoms with Gasteiger partial charge in [0.25, 0.3) is 0 Å². The van der Waals surface area contributed by atoms with Gasteiger partial charge >= 0.3 is 0 Å². The summed E-state index contributed by atoms with van der Waals surface area (Å²) >= 11 is 0. The summed E-state index contributed by atoms with van der Waals surface area (Å²) in [5.41, 5.74) is 5.13. The summed E-state index contributed by atoms with van der Waals surface area (Å²) in [5, 5.41) is 2.97. The van der Waals surface area contributed by atoms with Crippen molar-refractivity contribution >= 4 is 5.91 Å². The van der Waals surface area contributed by atoms with Gasteiger partial charge in [0, 0.05) is 18.6 Å². The average molecular weight is 200 g/mol. The Morgan fingerprint density at radius 2 is 2.29 bits per heavy atom. The van der Waals surface area contributed by atoms with Crippen LogP contribution in [-0.4, -0.2) is 30.2 Å². The van der Waals surface area contributed by atoms with Crippen molar-refractivity contribution in [3.8, 4) is 0 Å². The Kier molecular flexibility index (Phi) is 3.17. The van der Waals surface area contributed by atoms with Crippen LogP contribution in [0.2, 0.25) is 0 Å². The van der Waals surface area contributed by atoms with Gasteiger partial charge in [0.15, 0.2) is 0 Å². The van der Waals surface area contributed by atoms with E-state index >= 15 is 0 Å². The molecule has 4 nitrogen and oxygen atoms in total. The molecule has 1 saturated heterocycles. The van der Waals surface area contributed by atoms with E-state index < -0.39 is 5.54 Å². The number of carbonyl (C=O) groups excluding carboxylic acids is 1. The maximum absolute atomic E-state index is 11.6. The van der Waals surface area contributed by atoms with Gasteiger partial charge in [0.1, 0.15) is 0 Å². The summed E-state index contributed by atoms with van der Waals surface area (Å²) in [7, 11) is 0. The number of nitrogens with two attached hydrogens (primary N) is 1. The van der Waals surface area contributed by atoms with Crippen molar-refractivity contribution in [2.24, 2.45) is 5.73 Å². The van der Waals surface area contributed by atoms with Crippen LogP contribution in [0.4, 0.5) is 0 Å². The Morgan fingerprint density at radius 3 is 2.71 bits per heavy atom. The largest absolute Gasteiger partial charge is 0.379 e. The van der Waals surface area contributed by atoms with Crippen LogP contribution in [-0.2, 0) is 9.53 Å². The summed E-state index contributed by atoms with van der Waals surface area (Å²) in [6, 6.07) is 0. The zero-order valence-electron chi connectivity index (χ0n) is 9.22. The molecule has 0 aromatic heterocycles.